The quantitative estimate of drug-likeness (QED) is 0.424. The smallest absolute Gasteiger partial charge is 0.0931 e. The second-order valence-electron chi connectivity index (χ2n) is 3.34. The Hall–Kier alpha value is -0.170. The van der Waals surface area contributed by atoms with Gasteiger partial charge in [-0.2, -0.15) is 0 Å². The van der Waals surface area contributed by atoms with E-state index in [-0.39, 0.29) is 6.04 Å². The van der Waals surface area contributed by atoms with Crippen molar-refractivity contribution >= 4 is 22.9 Å². The predicted octanol–water partition coefficient (Wildman–Crippen LogP) is 1.44. The third-order valence-corrected chi connectivity index (χ3v) is 3.32. The van der Waals surface area contributed by atoms with Crippen LogP contribution in [-0.2, 0) is 15.9 Å². The Morgan fingerprint density at radius 2 is 2.31 bits per heavy atom. The SMILES string of the molecule is COCCOCC(Cc1ccc(Cl)s1)NN. The van der Waals surface area contributed by atoms with E-state index in [1.807, 2.05) is 12.1 Å². The number of hydrazine groups is 1. The number of hydrogen-bond acceptors (Lipinski definition) is 5. The van der Waals surface area contributed by atoms with Gasteiger partial charge < -0.3 is 9.47 Å². The Morgan fingerprint density at radius 3 is 2.88 bits per heavy atom. The Morgan fingerprint density at radius 1 is 1.50 bits per heavy atom. The maximum Gasteiger partial charge on any atom is 0.0931 e. The highest BCUT2D eigenvalue weighted by Gasteiger charge is 2.09. The second kappa shape index (κ2) is 8.00. The van der Waals surface area contributed by atoms with E-state index >= 15 is 0 Å². The van der Waals surface area contributed by atoms with Crippen molar-refractivity contribution in [3.05, 3.63) is 21.3 Å². The average molecular weight is 265 g/mol. The van der Waals surface area contributed by atoms with Crippen molar-refractivity contribution in [2.75, 3.05) is 26.9 Å². The van der Waals surface area contributed by atoms with Crippen molar-refractivity contribution in [3.8, 4) is 0 Å². The van der Waals surface area contributed by atoms with Gasteiger partial charge in [0.25, 0.3) is 0 Å². The van der Waals surface area contributed by atoms with E-state index in [1.165, 1.54) is 4.88 Å². The van der Waals surface area contributed by atoms with Gasteiger partial charge in [0, 0.05) is 24.4 Å². The van der Waals surface area contributed by atoms with E-state index < -0.39 is 0 Å². The minimum Gasteiger partial charge on any atom is -0.382 e. The summed E-state index contributed by atoms with van der Waals surface area (Å²) in [5, 5.41) is 0. The molecule has 0 aliphatic carbocycles. The molecule has 0 aliphatic heterocycles. The average Bonchev–Trinajstić information content (AvgIpc) is 2.68. The highest BCUT2D eigenvalue weighted by Crippen LogP contribution is 2.22. The molecular weight excluding hydrogens is 248 g/mol. The van der Waals surface area contributed by atoms with Crippen molar-refractivity contribution in [3.63, 3.8) is 0 Å². The zero-order chi connectivity index (χ0) is 11.8. The van der Waals surface area contributed by atoms with Crippen LogP contribution < -0.4 is 11.3 Å². The summed E-state index contributed by atoms with van der Waals surface area (Å²) in [6.07, 6.45) is 0.820. The summed E-state index contributed by atoms with van der Waals surface area (Å²) in [5.41, 5.74) is 2.73. The van der Waals surface area contributed by atoms with Crippen molar-refractivity contribution in [2.45, 2.75) is 12.5 Å². The first kappa shape index (κ1) is 13.9. The molecule has 0 amide bonds. The van der Waals surface area contributed by atoms with Crippen LogP contribution in [0.3, 0.4) is 0 Å². The van der Waals surface area contributed by atoms with Gasteiger partial charge in [-0.1, -0.05) is 11.6 Å². The molecule has 0 saturated heterocycles. The van der Waals surface area contributed by atoms with Gasteiger partial charge >= 0.3 is 0 Å². The molecule has 16 heavy (non-hydrogen) atoms. The van der Waals surface area contributed by atoms with Crippen LogP contribution in [0.15, 0.2) is 12.1 Å². The van der Waals surface area contributed by atoms with Crippen LogP contribution >= 0.6 is 22.9 Å². The molecule has 1 rings (SSSR count). The fourth-order valence-corrected chi connectivity index (χ4v) is 2.41. The lowest BCUT2D eigenvalue weighted by Gasteiger charge is -2.14. The predicted molar refractivity (Wildman–Crippen MR) is 66.8 cm³/mol. The summed E-state index contributed by atoms with van der Waals surface area (Å²) in [6.45, 7) is 1.75. The van der Waals surface area contributed by atoms with Crippen molar-refractivity contribution in [1.29, 1.82) is 0 Å². The van der Waals surface area contributed by atoms with Gasteiger partial charge in [-0.15, -0.1) is 11.3 Å². The molecule has 6 heteroatoms. The van der Waals surface area contributed by atoms with Crippen LogP contribution in [0.1, 0.15) is 4.88 Å². The molecule has 1 atom stereocenters. The molecule has 1 heterocycles. The number of halogens is 1. The Labute approximate surface area is 105 Å². The fourth-order valence-electron chi connectivity index (χ4n) is 1.24. The summed E-state index contributed by atoms with van der Waals surface area (Å²) in [5.74, 6) is 5.45. The lowest BCUT2D eigenvalue weighted by atomic mass is 10.2. The van der Waals surface area contributed by atoms with Crippen LogP contribution in [0.25, 0.3) is 0 Å². The van der Waals surface area contributed by atoms with E-state index in [2.05, 4.69) is 5.43 Å². The number of ether oxygens (including phenoxy) is 2. The molecule has 1 aromatic heterocycles. The first-order valence-electron chi connectivity index (χ1n) is 5.03. The summed E-state index contributed by atoms with van der Waals surface area (Å²) in [6, 6.07) is 4.00. The zero-order valence-corrected chi connectivity index (χ0v) is 10.8. The van der Waals surface area contributed by atoms with E-state index in [0.717, 1.165) is 10.8 Å². The zero-order valence-electron chi connectivity index (χ0n) is 9.24. The van der Waals surface area contributed by atoms with E-state index in [4.69, 9.17) is 26.9 Å². The number of nitrogens with two attached hydrogens (primary N) is 1. The van der Waals surface area contributed by atoms with E-state index in [1.54, 1.807) is 18.4 Å². The first-order valence-corrected chi connectivity index (χ1v) is 6.22. The molecule has 0 fully saturated rings. The van der Waals surface area contributed by atoms with Gasteiger partial charge in [-0.25, -0.2) is 0 Å². The van der Waals surface area contributed by atoms with Crippen LogP contribution in [-0.4, -0.2) is 33.0 Å². The minimum atomic E-state index is 0.103. The highest BCUT2D eigenvalue weighted by atomic mass is 35.5. The fraction of sp³-hybridized carbons (Fsp3) is 0.600. The topological polar surface area (TPSA) is 56.5 Å². The van der Waals surface area contributed by atoms with Crippen LogP contribution in [0.4, 0.5) is 0 Å². The largest absolute Gasteiger partial charge is 0.382 e. The molecule has 0 spiro atoms. The normalized spacial score (nSPS) is 12.9. The molecular formula is C10H17ClN2O2S. The third kappa shape index (κ3) is 5.25. The van der Waals surface area contributed by atoms with Gasteiger partial charge in [-0.3, -0.25) is 11.3 Å². The van der Waals surface area contributed by atoms with Gasteiger partial charge in [0.05, 0.1) is 24.2 Å². The highest BCUT2D eigenvalue weighted by molar-refractivity contribution is 7.16. The molecule has 0 aliphatic rings. The second-order valence-corrected chi connectivity index (χ2v) is 5.14. The van der Waals surface area contributed by atoms with E-state index in [0.29, 0.717) is 19.8 Å². The van der Waals surface area contributed by atoms with E-state index in [9.17, 15) is 0 Å². The summed E-state index contributed by atoms with van der Waals surface area (Å²) < 4.78 is 11.1. The molecule has 92 valence electrons. The Kier molecular flexibility index (Phi) is 6.95. The Balaban J connectivity index is 2.26. The number of hydrogen-bond donors (Lipinski definition) is 2. The molecule has 1 unspecified atom stereocenters. The Bertz CT molecular complexity index is 296. The number of methoxy groups -OCH3 is 1. The van der Waals surface area contributed by atoms with Gasteiger partial charge in [0.1, 0.15) is 0 Å². The lowest BCUT2D eigenvalue weighted by molar-refractivity contribution is 0.0588. The molecule has 0 radical (unpaired) electrons. The third-order valence-electron chi connectivity index (χ3n) is 2.06. The van der Waals surface area contributed by atoms with Crippen molar-refractivity contribution < 1.29 is 9.47 Å². The minimum absolute atomic E-state index is 0.103. The van der Waals surface area contributed by atoms with Crippen LogP contribution in [0.5, 0.6) is 0 Å². The standard InChI is InChI=1S/C10H17ClN2O2S/c1-14-4-5-15-7-8(13-12)6-9-2-3-10(11)16-9/h2-3,8,13H,4-7,12H2,1H3. The van der Waals surface area contributed by atoms with Crippen LogP contribution in [0, 0.1) is 0 Å². The molecule has 0 saturated carbocycles. The van der Waals surface area contributed by atoms with Crippen molar-refractivity contribution in [2.24, 2.45) is 5.84 Å². The van der Waals surface area contributed by atoms with Gasteiger partial charge in [0.15, 0.2) is 0 Å². The summed E-state index contributed by atoms with van der Waals surface area (Å²) in [4.78, 5) is 1.20. The monoisotopic (exact) mass is 264 g/mol. The van der Waals surface area contributed by atoms with Gasteiger partial charge in [0.2, 0.25) is 0 Å². The van der Waals surface area contributed by atoms with Crippen molar-refractivity contribution in [1.82, 2.24) is 5.43 Å². The maximum absolute atomic E-state index is 5.85. The summed E-state index contributed by atoms with van der Waals surface area (Å²) >= 11 is 7.42. The maximum atomic E-state index is 5.85. The summed E-state index contributed by atoms with van der Waals surface area (Å²) in [7, 11) is 1.65. The molecule has 4 nitrogen and oxygen atoms in total. The number of rotatable bonds is 8. The lowest BCUT2D eigenvalue weighted by Crippen LogP contribution is -2.40. The molecule has 0 aromatic carbocycles. The van der Waals surface area contributed by atoms with Gasteiger partial charge in [-0.05, 0) is 12.1 Å². The molecule has 1 aromatic rings. The van der Waals surface area contributed by atoms with Crippen LogP contribution in [0.2, 0.25) is 4.34 Å². The number of nitrogens with one attached hydrogen (secondary N) is 1. The molecule has 3 N–H and O–H groups in total. The first-order chi connectivity index (χ1) is 7.76. The molecule has 0 bridgehead atoms. The number of thiophene rings is 1.